The molecular formula is C15H25N3O. The number of rotatable bonds is 4. The summed E-state index contributed by atoms with van der Waals surface area (Å²) in [5, 5.41) is 7.71. The van der Waals surface area contributed by atoms with Crippen molar-refractivity contribution in [1.82, 2.24) is 15.5 Å². The number of hydrogen-bond acceptors (Lipinski definition) is 4. The van der Waals surface area contributed by atoms with Gasteiger partial charge in [0.2, 0.25) is 5.89 Å². The molecule has 0 saturated heterocycles. The van der Waals surface area contributed by atoms with Crippen molar-refractivity contribution in [2.45, 2.75) is 76.8 Å². The van der Waals surface area contributed by atoms with E-state index in [1.165, 1.54) is 51.4 Å². The summed E-state index contributed by atoms with van der Waals surface area (Å²) in [5.41, 5.74) is 0. The van der Waals surface area contributed by atoms with Crippen LogP contribution in [0.1, 0.15) is 75.9 Å². The van der Waals surface area contributed by atoms with Gasteiger partial charge in [0.25, 0.3) is 0 Å². The van der Waals surface area contributed by atoms with E-state index in [1.807, 2.05) is 0 Å². The van der Waals surface area contributed by atoms with Gasteiger partial charge in [0.15, 0.2) is 5.82 Å². The molecule has 0 bridgehead atoms. The van der Waals surface area contributed by atoms with Crippen LogP contribution in [0.15, 0.2) is 4.52 Å². The van der Waals surface area contributed by atoms with E-state index in [1.54, 1.807) is 0 Å². The minimum atomic E-state index is 0.528. The zero-order valence-electron chi connectivity index (χ0n) is 11.9. The third-order valence-corrected chi connectivity index (χ3v) is 4.76. The van der Waals surface area contributed by atoms with Crippen molar-refractivity contribution in [3.63, 3.8) is 0 Å². The topological polar surface area (TPSA) is 51.0 Å². The first-order chi connectivity index (χ1) is 9.31. The van der Waals surface area contributed by atoms with Gasteiger partial charge in [-0.25, -0.2) is 0 Å². The number of hydrogen-bond donors (Lipinski definition) is 1. The molecule has 0 unspecified atom stereocenters. The Morgan fingerprint density at radius 3 is 2.58 bits per heavy atom. The van der Waals surface area contributed by atoms with Crippen LogP contribution in [0.3, 0.4) is 0 Å². The van der Waals surface area contributed by atoms with Crippen LogP contribution in [0.25, 0.3) is 0 Å². The van der Waals surface area contributed by atoms with Crippen LogP contribution >= 0.6 is 0 Å². The van der Waals surface area contributed by atoms with Crippen molar-refractivity contribution in [3.05, 3.63) is 11.7 Å². The van der Waals surface area contributed by atoms with E-state index in [0.29, 0.717) is 12.0 Å². The predicted octanol–water partition coefficient (Wildman–Crippen LogP) is 3.40. The lowest BCUT2D eigenvalue weighted by Crippen LogP contribution is -2.25. The molecule has 2 saturated carbocycles. The summed E-state index contributed by atoms with van der Waals surface area (Å²) < 4.78 is 5.38. The summed E-state index contributed by atoms with van der Waals surface area (Å²) in [4.78, 5) is 4.58. The summed E-state index contributed by atoms with van der Waals surface area (Å²) >= 11 is 0. The van der Waals surface area contributed by atoms with E-state index in [4.69, 9.17) is 4.52 Å². The monoisotopic (exact) mass is 263 g/mol. The lowest BCUT2D eigenvalue weighted by Gasteiger charge is -2.23. The first-order valence-corrected chi connectivity index (χ1v) is 7.87. The minimum absolute atomic E-state index is 0.528. The van der Waals surface area contributed by atoms with Gasteiger partial charge in [-0.15, -0.1) is 0 Å². The Balaban J connectivity index is 1.51. The molecule has 4 heteroatoms. The van der Waals surface area contributed by atoms with Gasteiger partial charge in [-0.05, 0) is 31.6 Å². The van der Waals surface area contributed by atoms with Crippen molar-refractivity contribution >= 4 is 0 Å². The van der Waals surface area contributed by atoms with E-state index in [0.717, 1.165) is 24.2 Å². The molecule has 1 aromatic rings. The standard InChI is InChI=1S/C15H25N3O/c1-11-6-8-12(9-7-11)15-17-14(19-18-15)10-16-13-4-2-3-5-13/h11-13,16H,2-10H2,1H3. The molecule has 0 aromatic carbocycles. The highest BCUT2D eigenvalue weighted by Crippen LogP contribution is 2.34. The SMILES string of the molecule is CC1CCC(c2noc(CNC3CCCC3)n2)CC1. The molecular weight excluding hydrogens is 238 g/mol. The van der Waals surface area contributed by atoms with E-state index in [-0.39, 0.29) is 0 Å². The van der Waals surface area contributed by atoms with Crippen LogP contribution in [-0.4, -0.2) is 16.2 Å². The molecule has 0 aliphatic heterocycles. The fourth-order valence-corrected chi connectivity index (χ4v) is 3.39. The third kappa shape index (κ3) is 3.35. The van der Waals surface area contributed by atoms with Crippen molar-refractivity contribution in [1.29, 1.82) is 0 Å². The smallest absolute Gasteiger partial charge is 0.240 e. The fraction of sp³-hybridized carbons (Fsp3) is 0.867. The Morgan fingerprint density at radius 2 is 1.84 bits per heavy atom. The molecule has 2 aliphatic carbocycles. The van der Waals surface area contributed by atoms with E-state index >= 15 is 0 Å². The molecule has 0 spiro atoms. The van der Waals surface area contributed by atoms with E-state index in [2.05, 4.69) is 22.4 Å². The Kier molecular flexibility index (Phi) is 4.16. The molecule has 2 fully saturated rings. The second-order valence-electron chi connectivity index (χ2n) is 6.37. The maximum Gasteiger partial charge on any atom is 0.240 e. The Bertz CT molecular complexity index is 390. The normalized spacial score (nSPS) is 28.9. The zero-order valence-corrected chi connectivity index (χ0v) is 11.9. The van der Waals surface area contributed by atoms with Gasteiger partial charge in [-0.2, -0.15) is 4.98 Å². The summed E-state index contributed by atoms with van der Waals surface area (Å²) in [6.07, 6.45) is 10.3. The van der Waals surface area contributed by atoms with Crippen LogP contribution in [-0.2, 0) is 6.54 Å². The maximum absolute atomic E-state index is 5.38. The van der Waals surface area contributed by atoms with Crippen molar-refractivity contribution < 1.29 is 4.52 Å². The van der Waals surface area contributed by atoms with E-state index in [9.17, 15) is 0 Å². The molecule has 3 rings (SSSR count). The van der Waals surface area contributed by atoms with Gasteiger partial charge in [0, 0.05) is 12.0 Å². The summed E-state index contributed by atoms with van der Waals surface area (Å²) in [6, 6.07) is 0.658. The third-order valence-electron chi connectivity index (χ3n) is 4.76. The summed E-state index contributed by atoms with van der Waals surface area (Å²) in [6.45, 7) is 3.07. The number of aromatic nitrogens is 2. The lowest BCUT2D eigenvalue weighted by molar-refractivity contribution is 0.320. The quantitative estimate of drug-likeness (QED) is 0.904. The first-order valence-electron chi connectivity index (χ1n) is 7.87. The highest BCUT2D eigenvalue weighted by atomic mass is 16.5. The zero-order chi connectivity index (χ0) is 13.1. The molecule has 1 aromatic heterocycles. The molecule has 1 heterocycles. The molecule has 0 amide bonds. The Labute approximate surface area is 115 Å². The lowest BCUT2D eigenvalue weighted by atomic mass is 9.83. The van der Waals surface area contributed by atoms with E-state index < -0.39 is 0 Å². The minimum Gasteiger partial charge on any atom is -0.338 e. The summed E-state index contributed by atoms with van der Waals surface area (Å²) in [5.74, 6) is 3.10. The van der Waals surface area contributed by atoms with Gasteiger partial charge in [0.1, 0.15) is 0 Å². The highest BCUT2D eigenvalue weighted by Gasteiger charge is 2.24. The van der Waals surface area contributed by atoms with Crippen LogP contribution in [0.4, 0.5) is 0 Å². The molecule has 19 heavy (non-hydrogen) atoms. The average molecular weight is 263 g/mol. The van der Waals surface area contributed by atoms with Crippen molar-refractivity contribution in [2.24, 2.45) is 5.92 Å². The molecule has 1 N–H and O–H groups in total. The van der Waals surface area contributed by atoms with Crippen LogP contribution in [0, 0.1) is 5.92 Å². The first kappa shape index (κ1) is 13.1. The molecule has 4 nitrogen and oxygen atoms in total. The molecule has 0 radical (unpaired) electrons. The second-order valence-corrected chi connectivity index (χ2v) is 6.37. The predicted molar refractivity (Wildman–Crippen MR) is 73.8 cm³/mol. The van der Waals surface area contributed by atoms with Gasteiger partial charge >= 0.3 is 0 Å². The van der Waals surface area contributed by atoms with Gasteiger partial charge < -0.3 is 9.84 Å². The Hall–Kier alpha value is -0.900. The molecule has 106 valence electrons. The maximum atomic E-state index is 5.38. The number of nitrogens with one attached hydrogen (secondary N) is 1. The van der Waals surface area contributed by atoms with Crippen LogP contribution < -0.4 is 5.32 Å². The van der Waals surface area contributed by atoms with Crippen LogP contribution in [0.2, 0.25) is 0 Å². The van der Waals surface area contributed by atoms with Crippen molar-refractivity contribution in [2.75, 3.05) is 0 Å². The van der Waals surface area contributed by atoms with Crippen molar-refractivity contribution in [3.8, 4) is 0 Å². The average Bonchev–Trinajstić information content (AvgIpc) is 3.09. The highest BCUT2D eigenvalue weighted by molar-refractivity contribution is 4.97. The summed E-state index contributed by atoms with van der Waals surface area (Å²) in [7, 11) is 0. The molecule has 0 atom stereocenters. The fourth-order valence-electron chi connectivity index (χ4n) is 3.39. The number of nitrogens with zero attached hydrogens (tertiary/aromatic N) is 2. The second kappa shape index (κ2) is 6.04. The largest absolute Gasteiger partial charge is 0.338 e. The van der Waals surface area contributed by atoms with Gasteiger partial charge in [-0.3, -0.25) is 0 Å². The van der Waals surface area contributed by atoms with Gasteiger partial charge in [0.05, 0.1) is 6.54 Å². The van der Waals surface area contributed by atoms with Gasteiger partial charge in [-0.1, -0.05) is 37.8 Å². The Morgan fingerprint density at radius 1 is 1.11 bits per heavy atom. The molecule has 2 aliphatic rings. The van der Waals surface area contributed by atoms with Crippen LogP contribution in [0.5, 0.6) is 0 Å².